The molecule has 3 nitrogen and oxygen atoms in total. The van der Waals surface area contributed by atoms with E-state index in [1.54, 1.807) is 38.5 Å². The van der Waals surface area contributed by atoms with E-state index in [0.29, 0.717) is 17.2 Å². The molecule has 0 aliphatic rings. The van der Waals surface area contributed by atoms with E-state index >= 15 is 0 Å². The first kappa shape index (κ1) is 15.5. The molecular weight excluding hydrogens is 313 g/mol. The van der Waals surface area contributed by atoms with E-state index in [0.717, 1.165) is 0 Å². The van der Waals surface area contributed by atoms with Gasteiger partial charge in [0.05, 0.1) is 24.8 Å². The van der Waals surface area contributed by atoms with Crippen molar-refractivity contribution >= 4 is 34.5 Å². The fourth-order valence-electron chi connectivity index (χ4n) is 1.79. The predicted molar refractivity (Wildman–Crippen MR) is 86.3 cm³/mol. The number of anilines is 1. The first-order valence-corrected chi connectivity index (χ1v) is 6.82. The molecule has 0 fully saturated rings. The lowest BCUT2D eigenvalue weighted by Crippen LogP contribution is -2.13. The summed E-state index contributed by atoms with van der Waals surface area (Å²) in [5.74, 6) is 0.716. The summed E-state index contributed by atoms with van der Waals surface area (Å²) >= 11 is 11.2. The number of ether oxygens (including phenoxy) is 2. The number of nitrogens with one attached hydrogen (secondary N) is 1. The van der Waals surface area contributed by atoms with Gasteiger partial charge in [0.25, 0.3) is 0 Å². The zero-order valence-corrected chi connectivity index (χ0v) is 13.0. The molecule has 0 aliphatic carbocycles. The molecule has 6 heteroatoms. The second kappa shape index (κ2) is 6.74. The molecule has 0 bridgehead atoms. The average Bonchev–Trinajstić information content (AvgIpc) is 2.46. The van der Waals surface area contributed by atoms with Crippen LogP contribution in [0.2, 0.25) is 5.02 Å². The lowest BCUT2D eigenvalue weighted by Gasteiger charge is -2.13. The maximum Gasteiger partial charge on any atom is 0.134 e. The average molecular weight is 326 g/mol. The predicted octanol–water partition coefficient (Wildman–Crippen LogP) is 4.28. The van der Waals surface area contributed by atoms with Crippen LogP contribution in [0.1, 0.15) is 5.56 Å². The van der Waals surface area contributed by atoms with Crippen LogP contribution in [0, 0.1) is 5.82 Å². The molecule has 0 radical (unpaired) electrons. The van der Waals surface area contributed by atoms with Crippen molar-refractivity contribution in [3.63, 3.8) is 0 Å². The number of hydrogen-bond acceptors (Lipinski definition) is 3. The van der Waals surface area contributed by atoms with Crippen molar-refractivity contribution < 1.29 is 13.9 Å². The third-order valence-corrected chi connectivity index (χ3v) is 3.42. The molecule has 0 saturated carbocycles. The van der Waals surface area contributed by atoms with Crippen molar-refractivity contribution in [2.75, 3.05) is 19.5 Å². The van der Waals surface area contributed by atoms with Gasteiger partial charge in [0.15, 0.2) is 0 Å². The van der Waals surface area contributed by atoms with Gasteiger partial charge >= 0.3 is 0 Å². The Morgan fingerprint density at radius 1 is 1.14 bits per heavy atom. The highest BCUT2D eigenvalue weighted by atomic mass is 35.5. The molecule has 0 aromatic heterocycles. The Morgan fingerprint density at radius 2 is 1.76 bits per heavy atom. The Hall–Kier alpha value is -1.85. The zero-order chi connectivity index (χ0) is 15.4. The van der Waals surface area contributed by atoms with E-state index in [2.05, 4.69) is 5.32 Å². The van der Waals surface area contributed by atoms with Gasteiger partial charge in [-0.15, -0.1) is 0 Å². The van der Waals surface area contributed by atoms with E-state index < -0.39 is 5.82 Å². The normalized spacial score (nSPS) is 10.1. The summed E-state index contributed by atoms with van der Waals surface area (Å²) in [6, 6.07) is 9.59. The van der Waals surface area contributed by atoms with Crippen molar-refractivity contribution in [1.29, 1.82) is 0 Å². The van der Waals surface area contributed by atoms with Crippen LogP contribution >= 0.6 is 23.8 Å². The van der Waals surface area contributed by atoms with E-state index in [4.69, 9.17) is 33.3 Å². The van der Waals surface area contributed by atoms with Crippen LogP contribution in [-0.4, -0.2) is 19.2 Å². The third kappa shape index (κ3) is 3.62. The first-order chi connectivity index (χ1) is 10.0. The summed E-state index contributed by atoms with van der Waals surface area (Å²) in [4.78, 5) is 0.188. The van der Waals surface area contributed by atoms with Gasteiger partial charge in [0.2, 0.25) is 0 Å². The van der Waals surface area contributed by atoms with Crippen LogP contribution < -0.4 is 14.8 Å². The minimum Gasteiger partial charge on any atom is -0.497 e. The highest BCUT2D eigenvalue weighted by molar-refractivity contribution is 7.81. The van der Waals surface area contributed by atoms with E-state index in [1.807, 2.05) is 0 Å². The van der Waals surface area contributed by atoms with Crippen LogP contribution in [0.15, 0.2) is 36.4 Å². The monoisotopic (exact) mass is 325 g/mol. The Labute approximate surface area is 132 Å². The summed E-state index contributed by atoms with van der Waals surface area (Å²) in [5, 5.41) is 3.19. The highest BCUT2D eigenvalue weighted by Crippen LogP contribution is 2.27. The number of benzene rings is 2. The molecule has 0 saturated heterocycles. The molecule has 2 aromatic rings. The second-order valence-electron chi connectivity index (χ2n) is 4.15. The van der Waals surface area contributed by atoms with Crippen molar-refractivity contribution in [3.05, 3.63) is 52.8 Å². The number of rotatable bonds is 4. The van der Waals surface area contributed by atoms with Crippen LogP contribution in [0.4, 0.5) is 10.1 Å². The SMILES string of the molecule is COc1cc(NC(=S)c2c(F)cccc2Cl)cc(OC)c1. The Morgan fingerprint density at radius 3 is 2.29 bits per heavy atom. The van der Waals surface area contributed by atoms with Gasteiger partial charge in [0.1, 0.15) is 22.3 Å². The molecule has 0 amide bonds. The summed E-state index contributed by atoms with van der Waals surface area (Å²) in [6.07, 6.45) is 0. The fourth-order valence-corrected chi connectivity index (χ4v) is 2.43. The molecule has 21 heavy (non-hydrogen) atoms. The third-order valence-electron chi connectivity index (χ3n) is 2.80. The smallest absolute Gasteiger partial charge is 0.134 e. The molecule has 2 rings (SSSR count). The molecule has 0 atom stereocenters. The van der Waals surface area contributed by atoms with Crippen LogP contribution in [-0.2, 0) is 0 Å². The van der Waals surface area contributed by atoms with Gasteiger partial charge in [-0.05, 0) is 12.1 Å². The van der Waals surface area contributed by atoms with E-state index in [9.17, 15) is 4.39 Å². The largest absolute Gasteiger partial charge is 0.497 e. The standard InChI is InChI=1S/C15H13ClFNO2S/c1-19-10-6-9(7-11(8-10)20-2)18-15(21)14-12(16)4-3-5-13(14)17/h3-8H,1-2H3,(H,18,21). The molecule has 0 unspecified atom stereocenters. The Balaban J connectivity index is 2.31. The molecule has 2 aromatic carbocycles. The lowest BCUT2D eigenvalue weighted by molar-refractivity contribution is 0.395. The van der Waals surface area contributed by atoms with Crippen molar-refractivity contribution in [2.24, 2.45) is 0 Å². The molecule has 110 valence electrons. The maximum atomic E-state index is 13.8. The molecular formula is C15H13ClFNO2S. The second-order valence-corrected chi connectivity index (χ2v) is 4.97. The van der Waals surface area contributed by atoms with Gasteiger partial charge in [-0.3, -0.25) is 0 Å². The number of hydrogen-bond donors (Lipinski definition) is 1. The molecule has 0 aliphatic heterocycles. The zero-order valence-electron chi connectivity index (χ0n) is 11.4. The van der Waals surface area contributed by atoms with Crippen LogP contribution in [0.25, 0.3) is 0 Å². The summed E-state index contributed by atoms with van der Waals surface area (Å²) in [6.45, 7) is 0. The number of halogens is 2. The van der Waals surface area contributed by atoms with Gasteiger partial charge in [-0.1, -0.05) is 29.9 Å². The minimum absolute atomic E-state index is 0.163. The topological polar surface area (TPSA) is 30.5 Å². The quantitative estimate of drug-likeness (QED) is 0.850. The fraction of sp³-hybridized carbons (Fsp3) is 0.133. The minimum atomic E-state index is -0.477. The summed E-state index contributed by atoms with van der Waals surface area (Å²) in [5.41, 5.74) is 0.784. The first-order valence-electron chi connectivity index (χ1n) is 6.03. The lowest BCUT2D eigenvalue weighted by atomic mass is 10.2. The van der Waals surface area contributed by atoms with Crippen molar-refractivity contribution in [1.82, 2.24) is 0 Å². The van der Waals surface area contributed by atoms with Gasteiger partial charge in [0, 0.05) is 23.9 Å². The van der Waals surface area contributed by atoms with E-state index in [1.165, 1.54) is 12.1 Å². The Bertz CT molecular complexity index is 636. The molecule has 0 heterocycles. The van der Waals surface area contributed by atoms with Gasteiger partial charge in [-0.2, -0.15) is 0 Å². The van der Waals surface area contributed by atoms with Gasteiger partial charge in [-0.25, -0.2) is 4.39 Å². The van der Waals surface area contributed by atoms with Crippen LogP contribution in [0.5, 0.6) is 11.5 Å². The van der Waals surface area contributed by atoms with Gasteiger partial charge < -0.3 is 14.8 Å². The molecule has 0 spiro atoms. The van der Waals surface area contributed by atoms with Crippen molar-refractivity contribution in [3.8, 4) is 11.5 Å². The Kier molecular flexibility index (Phi) is 4.98. The number of methoxy groups -OCH3 is 2. The maximum absolute atomic E-state index is 13.8. The summed E-state index contributed by atoms with van der Waals surface area (Å²) in [7, 11) is 3.09. The van der Waals surface area contributed by atoms with E-state index in [-0.39, 0.29) is 15.6 Å². The summed E-state index contributed by atoms with van der Waals surface area (Å²) < 4.78 is 24.2. The van der Waals surface area contributed by atoms with Crippen molar-refractivity contribution in [2.45, 2.75) is 0 Å². The highest BCUT2D eigenvalue weighted by Gasteiger charge is 2.13. The molecule has 1 N–H and O–H groups in total. The van der Waals surface area contributed by atoms with Crippen LogP contribution in [0.3, 0.4) is 0 Å². The number of thiocarbonyl (C=S) groups is 1.